The molecule has 3 aromatic rings. The highest BCUT2D eigenvalue weighted by molar-refractivity contribution is 9.09. The van der Waals surface area contributed by atoms with Crippen molar-refractivity contribution in [2.24, 2.45) is 0 Å². The molecule has 1 atom stereocenters. The number of fused-ring (bicyclic) bond motifs is 1. The van der Waals surface area contributed by atoms with E-state index in [0.29, 0.717) is 11.1 Å². The number of benzene rings is 2. The summed E-state index contributed by atoms with van der Waals surface area (Å²) in [5, 5.41) is 1.62. The molecule has 0 saturated carbocycles. The van der Waals surface area contributed by atoms with Crippen molar-refractivity contribution in [3.63, 3.8) is 0 Å². The van der Waals surface area contributed by atoms with Crippen LogP contribution in [-0.2, 0) is 6.54 Å². The first-order chi connectivity index (χ1) is 13.1. The maximum Gasteiger partial charge on any atom is 0.343 e. The van der Waals surface area contributed by atoms with Crippen LogP contribution in [0.15, 0.2) is 69.9 Å². The van der Waals surface area contributed by atoms with Crippen LogP contribution in [0.25, 0.3) is 16.3 Å². The zero-order chi connectivity index (χ0) is 18.8. The van der Waals surface area contributed by atoms with Crippen molar-refractivity contribution in [3.05, 3.63) is 88.0 Å². The molecule has 0 amide bonds. The standard InChI is InChI=1S/C23H22BrNO2/c1-16(24)22-21(19-11-5-6-12-20(19)23(26)27-22)18-10-7-13-25(15-18)14-17-8-3-2-4-9-17/h2-6,8-12,16H,7,13-15H2,1H3. The van der Waals surface area contributed by atoms with Crippen LogP contribution >= 0.6 is 15.9 Å². The molecule has 0 fully saturated rings. The third-order valence-electron chi connectivity index (χ3n) is 5.03. The molecule has 4 rings (SSSR count). The summed E-state index contributed by atoms with van der Waals surface area (Å²) in [7, 11) is 0. The molecular formula is C23H22BrNO2. The largest absolute Gasteiger partial charge is 0.426 e. The molecule has 0 radical (unpaired) electrons. The maximum absolute atomic E-state index is 12.4. The molecule has 1 aliphatic heterocycles. The van der Waals surface area contributed by atoms with Crippen LogP contribution < -0.4 is 5.63 Å². The Morgan fingerprint density at radius 2 is 1.78 bits per heavy atom. The highest BCUT2D eigenvalue weighted by Crippen LogP contribution is 2.35. The van der Waals surface area contributed by atoms with Crippen LogP contribution in [0.3, 0.4) is 0 Å². The van der Waals surface area contributed by atoms with Gasteiger partial charge in [-0.05, 0) is 35.9 Å². The Labute approximate surface area is 167 Å². The van der Waals surface area contributed by atoms with Crippen molar-refractivity contribution in [1.29, 1.82) is 0 Å². The van der Waals surface area contributed by atoms with E-state index in [0.717, 1.165) is 37.0 Å². The van der Waals surface area contributed by atoms with Gasteiger partial charge in [-0.15, -0.1) is 0 Å². The molecule has 2 heterocycles. The van der Waals surface area contributed by atoms with Crippen molar-refractivity contribution < 1.29 is 4.42 Å². The van der Waals surface area contributed by atoms with Gasteiger partial charge >= 0.3 is 5.63 Å². The van der Waals surface area contributed by atoms with Gasteiger partial charge in [0.2, 0.25) is 0 Å². The lowest BCUT2D eigenvalue weighted by Crippen LogP contribution is -2.29. The predicted octanol–water partition coefficient (Wildman–Crippen LogP) is 5.54. The van der Waals surface area contributed by atoms with Gasteiger partial charge in [-0.3, -0.25) is 4.90 Å². The van der Waals surface area contributed by atoms with E-state index in [-0.39, 0.29) is 10.5 Å². The van der Waals surface area contributed by atoms with Crippen LogP contribution in [0.4, 0.5) is 0 Å². The van der Waals surface area contributed by atoms with Crippen molar-refractivity contribution in [2.75, 3.05) is 13.1 Å². The fourth-order valence-electron chi connectivity index (χ4n) is 3.79. The summed E-state index contributed by atoms with van der Waals surface area (Å²) < 4.78 is 5.73. The summed E-state index contributed by atoms with van der Waals surface area (Å²) in [6.45, 7) is 4.80. The smallest absolute Gasteiger partial charge is 0.343 e. The number of halogens is 1. The number of hydrogen-bond donors (Lipinski definition) is 0. The van der Waals surface area contributed by atoms with Crippen LogP contribution in [0.1, 0.15) is 35.1 Å². The Kier molecular flexibility index (Phi) is 5.28. The molecule has 2 aromatic carbocycles. The molecule has 1 unspecified atom stereocenters. The molecule has 1 aromatic heterocycles. The van der Waals surface area contributed by atoms with Gasteiger partial charge in [-0.25, -0.2) is 4.79 Å². The first kappa shape index (κ1) is 18.2. The highest BCUT2D eigenvalue weighted by Gasteiger charge is 2.23. The molecule has 1 aliphatic rings. The van der Waals surface area contributed by atoms with Crippen LogP contribution in [-0.4, -0.2) is 18.0 Å². The summed E-state index contributed by atoms with van der Waals surface area (Å²) in [6.07, 6.45) is 3.29. The first-order valence-corrected chi connectivity index (χ1v) is 10.2. The average molecular weight is 424 g/mol. The van der Waals surface area contributed by atoms with Gasteiger partial charge in [0.1, 0.15) is 5.76 Å². The fraction of sp³-hybridized carbons (Fsp3) is 0.261. The molecule has 4 heteroatoms. The highest BCUT2D eigenvalue weighted by atomic mass is 79.9. The number of nitrogens with zero attached hydrogens (tertiary/aromatic N) is 1. The van der Waals surface area contributed by atoms with Gasteiger partial charge in [0, 0.05) is 25.2 Å². The van der Waals surface area contributed by atoms with E-state index in [1.54, 1.807) is 0 Å². The Morgan fingerprint density at radius 1 is 1.07 bits per heavy atom. The molecule has 0 aliphatic carbocycles. The van der Waals surface area contributed by atoms with E-state index in [9.17, 15) is 4.79 Å². The lowest BCUT2D eigenvalue weighted by Gasteiger charge is -2.28. The zero-order valence-corrected chi connectivity index (χ0v) is 16.9. The van der Waals surface area contributed by atoms with Gasteiger partial charge < -0.3 is 4.42 Å². The summed E-state index contributed by atoms with van der Waals surface area (Å²) in [4.78, 5) is 14.8. The van der Waals surface area contributed by atoms with Gasteiger partial charge in [-0.1, -0.05) is 70.5 Å². The number of alkyl halides is 1. The van der Waals surface area contributed by atoms with Crippen molar-refractivity contribution in [3.8, 4) is 0 Å². The molecule has 138 valence electrons. The third-order valence-corrected chi connectivity index (χ3v) is 5.44. The van der Waals surface area contributed by atoms with Crippen molar-refractivity contribution in [2.45, 2.75) is 24.7 Å². The molecule has 0 N–H and O–H groups in total. The molecule has 0 bridgehead atoms. The lowest BCUT2D eigenvalue weighted by molar-refractivity contribution is 0.296. The Hall–Kier alpha value is -2.17. The van der Waals surface area contributed by atoms with E-state index in [4.69, 9.17) is 4.42 Å². The summed E-state index contributed by atoms with van der Waals surface area (Å²) in [5.41, 5.74) is 3.34. The molecule has 0 spiro atoms. The van der Waals surface area contributed by atoms with E-state index in [1.807, 2.05) is 37.3 Å². The molecule has 3 nitrogen and oxygen atoms in total. The van der Waals surface area contributed by atoms with Crippen LogP contribution in [0.5, 0.6) is 0 Å². The summed E-state index contributed by atoms with van der Waals surface area (Å²) in [6, 6.07) is 18.3. The lowest BCUT2D eigenvalue weighted by atomic mass is 9.94. The molecular weight excluding hydrogens is 402 g/mol. The second-order valence-corrected chi connectivity index (χ2v) is 8.38. The van der Waals surface area contributed by atoms with E-state index in [2.05, 4.69) is 51.2 Å². The monoisotopic (exact) mass is 423 g/mol. The topological polar surface area (TPSA) is 33.5 Å². The van der Waals surface area contributed by atoms with Gasteiger partial charge in [0.25, 0.3) is 0 Å². The second kappa shape index (κ2) is 7.83. The minimum atomic E-state index is -0.270. The second-order valence-electron chi connectivity index (χ2n) is 7.00. The van der Waals surface area contributed by atoms with Crippen molar-refractivity contribution in [1.82, 2.24) is 4.90 Å². The van der Waals surface area contributed by atoms with E-state index < -0.39 is 0 Å². The molecule has 27 heavy (non-hydrogen) atoms. The first-order valence-electron chi connectivity index (χ1n) is 9.29. The minimum absolute atomic E-state index is 0.0322. The SMILES string of the molecule is CC(Br)c1oc(=O)c2ccccc2c1C1=CCCN(Cc2ccccc2)C1. The number of rotatable bonds is 4. The Morgan fingerprint density at radius 3 is 2.52 bits per heavy atom. The summed E-state index contributed by atoms with van der Waals surface area (Å²) >= 11 is 3.62. The van der Waals surface area contributed by atoms with Gasteiger partial charge in [0.15, 0.2) is 0 Å². The zero-order valence-electron chi connectivity index (χ0n) is 15.3. The molecule has 0 saturated heterocycles. The predicted molar refractivity (Wildman–Crippen MR) is 114 cm³/mol. The normalized spacial score (nSPS) is 16.3. The van der Waals surface area contributed by atoms with Gasteiger partial charge in [0.05, 0.1) is 10.2 Å². The summed E-state index contributed by atoms with van der Waals surface area (Å²) in [5.74, 6) is 0.714. The van der Waals surface area contributed by atoms with E-state index in [1.165, 1.54) is 11.1 Å². The fourth-order valence-corrected chi connectivity index (χ4v) is 4.11. The van der Waals surface area contributed by atoms with Crippen LogP contribution in [0, 0.1) is 0 Å². The quantitative estimate of drug-likeness (QED) is 0.516. The van der Waals surface area contributed by atoms with Gasteiger partial charge in [-0.2, -0.15) is 0 Å². The maximum atomic E-state index is 12.4. The minimum Gasteiger partial charge on any atom is -0.426 e. The van der Waals surface area contributed by atoms with Crippen molar-refractivity contribution >= 4 is 32.3 Å². The van der Waals surface area contributed by atoms with E-state index >= 15 is 0 Å². The average Bonchev–Trinajstić information content (AvgIpc) is 2.69. The third kappa shape index (κ3) is 3.78. The Bertz CT molecular complexity index is 1040. The van der Waals surface area contributed by atoms with Crippen LogP contribution in [0.2, 0.25) is 0 Å². The Balaban J connectivity index is 1.75. The number of hydrogen-bond acceptors (Lipinski definition) is 3.